The molecule has 0 bridgehead atoms. The van der Waals surface area contributed by atoms with Crippen LogP contribution in [-0.2, 0) is 0 Å². The molecule has 1 fully saturated rings. The van der Waals surface area contributed by atoms with Crippen molar-refractivity contribution in [1.29, 1.82) is 0 Å². The van der Waals surface area contributed by atoms with Crippen LogP contribution >= 0.6 is 15.8 Å². The van der Waals surface area contributed by atoms with Crippen LogP contribution in [0, 0.1) is 5.92 Å². The zero-order valence-corrected chi connectivity index (χ0v) is 21.4. The monoisotopic (exact) mass is 432 g/mol. The minimum atomic E-state index is -0.108. The second kappa shape index (κ2) is 14.0. The van der Waals surface area contributed by atoms with Gasteiger partial charge in [0.25, 0.3) is 0 Å². The summed E-state index contributed by atoms with van der Waals surface area (Å²) in [5, 5.41) is 1.61. The average Bonchev–Trinajstić information content (AvgIpc) is 3.23. The molecule has 0 radical (unpaired) electrons. The van der Waals surface area contributed by atoms with Crippen LogP contribution in [0.3, 0.4) is 0 Å². The first-order chi connectivity index (χ1) is 14.2. The van der Waals surface area contributed by atoms with E-state index in [1.54, 1.807) is 5.30 Å². The summed E-state index contributed by atoms with van der Waals surface area (Å²) in [4.78, 5) is 0. The third-order valence-electron chi connectivity index (χ3n) is 7.05. The van der Waals surface area contributed by atoms with Gasteiger partial charge in [0.15, 0.2) is 0 Å². The lowest BCUT2D eigenvalue weighted by atomic mass is 10.0. The first-order valence-corrected chi connectivity index (χ1v) is 15.6. The summed E-state index contributed by atoms with van der Waals surface area (Å²) in [5.74, 6) is 0.944. The molecule has 6 unspecified atom stereocenters. The molecular weight excluding hydrogens is 386 g/mol. The Morgan fingerprint density at radius 1 is 1.07 bits per heavy atom. The molecule has 2 rings (SSSR count). The number of allylic oxidation sites excluding steroid dienone is 1. The summed E-state index contributed by atoms with van der Waals surface area (Å²) < 4.78 is 0. The Bertz CT molecular complexity index is 555. The zero-order chi connectivity index (χ0) is 21.1. The van der Waals surface area contributed by atoms with Gasteiger partial charge in [-0.05, 0) is 66.2 Å². The smallest absolute Gasteiger partial charge is 0.0105 e. The van der Waals surface area contributed by atoms with E-state index in [9.17, 15) is 0 Å². The maximum atomic E-state index is 4.14. The summed E-state index contributed by atoms with van der Waals surface area (Å²) >= 11 is 0. The molecule has 1 aliphatic carbocycles. The van der Waals surface area contributed by atoms with Crippen LogP contribution in [0.5, 0.6) is 0 Å². The van der Waals surface area contributed by atoms with Gasteiger partial charge in [-0.3, -0.25) is 0 Å². The van der Waals surface area contributed by atoms with Gasteiger partial charge in [0.05, 0.1) is 0 Å². The number of hydrogen-bond donors (Lipinski definition) is 0. The Balaban J connectivity index is 2.19. The SMILES string of the molecule is C=CCP(c1ccccc1)C1CCCC1C(C)P(CCC)C(CC)CCCCC. The third kappa shape index (κ3) is 7.18. The van der Waals surface area contributed by atoms with Crippen LogP contribution in [0.1, 0.15) is 85.5 Å². The Hall–Kier alpha value is -0.180. The summed E-state index contributed by atoms with van der Waals surface area (Å²) in [6, 6.07) is 11.4. The fourth-order valence-corrected chi connectivity index (χ4v) is 12.6. The molecule has 6 atom stereocenters. The van der Waals surface area contributed by atoms with Gasteiger partial charge in [-0.1, -0.05) is 104 Å². The van der Waals surface area contributed by atoms with Crippen LogP contribution in [0.15, 0.2) is 43.0 Å². The van der Waals surface area contributed by atoms with E-state index in [1.807, 2.05) is 0 Å². The first kappa shape index (κ1) is 25.1. The van der Waals surface area contributed by atoms with Crippen molar-refractivity contribution in [3.8, 4) is 0 Å². The van der Waals surface area contributed by atoms with Gasteiger partial charge in [-0.25, -0.2) is 0 Å². The van der Waals surface area contributed by atoms with E-state index in [1.165, 1.54) is 70.1 Å². The molecule has 0 saturated heterocycles. The van der Waals surface area contributed by atoms with Crippen LogP contribution in [-0.4, -0.2) is 29.3 Å². The molecule has 1 saturated carbocycles. The van der Waals surface area contributed by atoms with E-state index >= 15 is 0 Å². The van der Waals surface area contributed by atoms with E-state index < -0.39 is 0 Å². The summed E-state index contributed by atoms with van der Waals surface area (Å²) in [7, 11) is 0.0342. The summed E-state index contributed by atoms with van der Waals surface area (Å²) in [5.41, 5.74) is 2.84. The van der Waals surface area contributed by atoms with Crippen molar-refractivity contribution < 1.29 is 0 Å². The maximum Gasteiger partial charge on any atom is -0.0105 e. The van der Waals surface area contributed by atoms with E-state index in [2.05, 4.69) is 70.7 Å². The molecule has 0 N–H and O–H groups in total. The van der Waals surface area contributed by atoms with Gasteiger partial charge in [-0.15, -0.1) is 14.5 Å². The minimum absolute atomic E-state index is 0.108. The van der Waals surface area contributed by atoms with Gasteiger partial charge in [0, 0.05) is 0 Å². The Morgan fingerprint density at radius 2 is 1.83 bits per heavy atom. The normalized spacial score (nSPS) is 23.4. The molecule has 0 aliphatic heterocycles. The zero-order valence-electron chi connectivity index (χ0n) is 19.7. The lowest BCUT2D eigenvalue weighted by Crippen LogP contribution is -2.29. The van der Waals surface area contributed by atoms with Crippen molar-refractivity contribution >= 4 is 21.1 Å². The highest BCUT2D eigenvalue weighted by atomic mass is 31.1. The lowest BCUT2D eigenvalue weighted by molar-refractivity contribution is 0.535. The molecule has 0 nitrogen and oxygen atoms in total. The second-order valence-electron chi connectivity index (χ2n) is 8.97. The average molecular weight is 433 g/mol. The van der Waals surface area contributed by atoms with Gasteiger partial charge in [0.1, 0.15) is 0 Å². The van der Waals surface area contributed by atoms with E-state index in [0.717, 1.165) is 22.9 Å². The number of unbranched alkanes of at least 4 members (excludes halogenated alkanes) is 2. The van der Waals surface area contributed by atoms with Crippen molar-refractivity contribution in [2.45, 2.75) is 102 Å². The molecule has 1 aromatic carbocycles. The fraction of sp³-hybridized carbons (Fsp3) is 0.704. The number of hydrogen-bond acceptors (Lipinski definition) is 0. The summed E-state index contributed by atoms with van der Waals surface area (Å²) in [6.07, 6.45) is 17.8. The predicted octanol–water partition coefficient (Wildman–Crippen LogP) is 8.79. The molecule has 2 heteroatoms. The Kier molecular flexibility index (Phi) is 12.1. The molecule has 0 spiro atoms. The molecule has 29 heavy (non-hydrogen) atoms. The van der Waals surface area contributed by atoms with Crippen LogP contribution in [0.4, 0.5) is 0 Å². The highest BCUT2D eigenvalue weighted by molar-refractivity contribution is 7.66. The molecule has 0 aromatic heterocycles. The minimum Gasteiger partial charge on any atom is -0.103 e. The van der Waals surface area contributed by atoms with Crippen molar-refractivity contribution in [3.05, 3.63) is 43.0 Å². The van der Waals surface area contributed by atoms with E-state index in [-0.39, 0.29) is 15.8 Å². The van der Waals surface area contributed by atoms with Crippen LogP contribution in [0.2, 0.25) is 0 Å². The highest BCUT2D eigenvalue weighted by Crippen LogP contribution is 2.60. The van der Waals surface area contributed by atoms with Crippen molar-refractivity contribution in [2.24, 2.45) is 5.92 Å². The molecule has 0 amide bonds. The van der Waals surface area contributed by atoms with Crippen LogP contribution in [0.25, 0.3) is 0 Å². The largest absolute Gasteiger partial charge is 0.103 e. The van der Waals surface area contributed by atoms with E-state index in [4.69, 9.17) is 0 Å². The van der Waals surface area contributed by atoms with Gasteiger partial charge >= 0.3 is 0 Å². The topological polar surface area (TPSA) is 0 Å². The third-order valence-corrected chi connectivity index (χ3v) is 14.1. The summed E-state index contributed by atoms with van der Waals surface area (Å²) in [6.45, 7) is 14.0. The van der Waals surface area contributed by atoms with Gasteiger partial charge < -0.3 is 0 Å². The number of benzene rings is 1. The lowest BCUT2D eigenvalue weighted by Gasteiger charge is -2.40. The quantitative estimate of drug-likeness (QED) is 0.156. The fourth-order valence-electron chi connectivity index (χ4n) is 5.57. The molecule has 1 aromatic rings. The van der Waals surface area contributed by atoms with Crippen molar-refractivity contribution in [2.75, 3.05) is 12.3 Å². The number of rotatable bonds is 14. The maximum absolute atomic E-state index is 4.14. The molecule has 164 valence electrons. The van der Waals surface area contributed by atoms with E-state index in [0.29, 0.717) is 0 Å². The molecular formula is C27H46P2. The Labute approximate surface area is 184 Å². The second-order valence-corrected chi connectivity index (χ2v) is 14.5. The van der Waals surface area contributed by atoms with Gasteiger partial charge in [0.2, 0.25) is 0 Å². The standard InChI is InChI=1S/C27H46P2/c1-6-10-12-16-24(9-4)28(21-7-2)23(5)26-19-15-20-27(26)29(22-8-3)25-17-13-11-14-18-25/h8,11,13-14,17-18,23-24,26-27H,3,6-7,9-10,12,15-16,19-22H2,1-2,4-5H3. The molecule has 1 aliphatic rings. The predicted molar refractivity (Wildman–Crippen MR) is 139 cm³/mol. The van der Waals surface area contributed by atoms with Crippen molar-refractivity contribution in [1.82, 2.24) is 0 Å². The van der Waals surface area contributed by atoms with Crippen molar-refractivity contribution in [3.63, 3.8) is 0 Å². The van der Waals surface area contributed by atoms with Crippen LogP contribution < -0.4 is 5.30 Å². The first-order valence-electron chi connectivity index (χ1n) is 12.4. The Morgan fingerprint density at radius 3 is 2.45 bits per heavy atom. The molecule has 0 heterocycles. The highest BCUT2D eigenvalue weighted by Gasteiger charge is 2.40. The van der Waals surface area contributed by atoms with Gasteiger partial charge in [-0.2, -0.15) is 0 Å².